The lowest BCUT2D eigenvalue weighted by molar-refractivity contribution is -0.173. The second-order valence-electron chi connectivity index (χ2n) is 4.46. The number of hydrogen-bond donors (Lipinski definition) is 2. The predicted molar refractivity (Wildman–Crippen MR) is 92.8 cm³/mol. The summed E-state index contributed by atoms with van der Waals surface area (Å²) in [5.41, 5.74) is 7.72. The van der Waals surface area contributed by atoms with E-state index in [1.54, 1.807) is 0 Å². The Morgan fingerprint density at radius 2 is 1.91 bits per heavy atom. The van der Waals surface area contributed by atoms with Gasteiger partial charge in [0.05, 0.1) is 0 Å². The maximum absolute atomic E-state index is 11.8. The first-order chi connectivity index (χ1) is 9.90. The van der Waals surface area contributed by atoms with Crippen molar-refractivity contribution in [3.8, 4) is 0 Å². The number of nitrogens with zero attached hydrogens (tertiary/aromatic N) is 1. The summed E-state index contributed by atoms with van der Waals surface area (Å²) in [4.78, 5) is 4.02. The second-order valence-corrected chi connectivity index (χ2v) is 4.46. The zero-order chi connectivity index (χ0) is 15.7. The van der Waals surface area contributed by atoms with Crippen LogP contribution >= 0.6 is 24.0 Å². The van der Waals surface area contributed by atoms with E-state index in [9.17, 15) is 13.2 Å². The van der Waals surface area contributed by atoms with Gasteiger partial charge in [-0.25, -0.2) is 0 Å². The highest BCUT2D eigenvalue weighted by molar-refractivity contribution is 14.0. The number of aliphatic imine (C=N–C) groups is 1. The van der Waals surface area contributed by atoms with Crippen LogP contribution < -0.4 is 11.1 Å². The minimum atomic E-state index is -4.28. The van der Waals surface area contributed by atoms with Gasteiger partial charge in [-0.1, -0.05) is 19.1 Å². The van der Waals surface area contributed by atoms with E-state index in [1.165, 1.54) is 5.56 Å². The molecule has 1 rings (SSSR count). The van der Waals surface area contributed by atoms with Crippen LogP contribution in [0.15, 0.2) is 29.3 Å². The van der Waals surface area contributed by atoms with Crippen LogP contribution in [0.5, 0.6) is 0 Å². The number of guanidine groups is 1. The Kier molecular flexibility index (Phi) is 10.2. The van der Waals surface area contributed by atoms with Gasteiger partial charge in [0.2, 0.25) is 0 Å². The minimum Gasteiger partial charge on any atom is -0.372 e. The van der Waals surface area contributed by atoms with Gasteiger partial charge < -0.3 is 15.8 Å². The molecule has 126 valence electrons. The molecule has 0 atom stereocenters. The molecule has 0 unspecified atom stereocenters. The van der Waals surface area contributed by atoms with Gasteiger partial charge in [0, 0.05) is 18.8 Å². The summed E-state index contributed by atoms with van der Waals surface area (Å²) in [6.45, 7) is 1.15. The van der Waals surface area contributed by atoms with Crippen LogP contribution in [0.3, 0.4) is 0 Å². The zero-order valence-corrected chi connectivity index (χ0v) is 14.7. The molecule has 0 aliphatic heterocycles. The van der Waals surface area contributed by atoms with Crippen molar-refractivity contribution < 1.29 is 17.9 Å². The Bertz CT molecular complexity index is 450. The number of hydrogen-bond acceptors (Lipinski definition) is 2. The van der Waals surface area contributed by atoms with Crippen molar-refractivity contribution in [2.75, 3.05) is 25.1 Å². The van der Waals surface area contributed by atoms with Crippen LogP contribution in [0.1, 0.15) is 18.9 Å². The van der Waals surface area contributed by atoms with E-state index in [4.69, 9.17) is 5.73 Å². The summed E-state index contributed by atoms with van der Waals surface area (Å²) in [5, 5.41) is 2.92. The Labute approximate surface area is 145 Å². The molecule has 0 aliphatic rings. The third kappa shape index (κ3) is 9.82. The molecule has 0 amide bonds. The quantitative estimate of drug-likeness (QED) is 0.301. The van der Waals surface area contributed by atoms with E-state index in [2.05, 4.69) is 22.0 Å². The molecule has 0 saturated heterocycles. The zero-order valence-electron chi connectivity index (χ0n) is 12.3. The number of halogens is 4. The lowest BCUT2D eigenvalue weighted by Gasteiger charge is -2.07. The van der Waals surface area contributed by atoms with E-state index in [-0.39, 0.29) is 36.5 Å². The monoisotopic (exact) mass is 431 g/mol. The molecular weight excluding hydrogens is 410 g/mol. The molecule has 22 heavy (non-hydrogen) atoms. The number of aryl methyl sites for hydroxylation is 1. The fourth-order valence-corrected chi connectivity index (χ4v) is 1.57. The number of anilines is 1. The molecule has 0 heterocycles. The van der Waals surface area contributed by atoms with Crippen LogP contribution in [-0.4, -0.2) is 31.9 Å². The molecule has 0 aromatic heterocycles. The van der Waals surface area contributed by atoms with Crippen LogP contribution in [0.2, 0.25) is 0 Å². The third-order valence-corrected chi connectivity index (χ3v) is 2.63. The van der Waals surface area contributed by atoms with Crippen LogP contribution in [-0.2, 0) is 11.2 Å². The second kappa shape index (κ2) is 10.7. The Morgan fingerprint density at radius 3 is 2.45 bits per heavy atom. The van der Waals surface area contributed by atoms with Gasteiger partial charge in [-0.15, -0.1) is 24.0 Å². The molecule has 3 N–H and O–H groups in total. The average molecular weight is 431 g/mol. The van der Waals surface area contributed by atoms with Crippen molar-refractivity contribution in [1.82, 2.24) is 0 Å². The van der Waals surface area contributed by atoms with Gasteiger partial charge in [0.25, 0.3) is 0 Å². The number of nitrogens with two attached hydrogens (primary N) is 1. The Hall–Kier alpha value is -1.03. The highest BCUT2D eigenvalue weighted by atomic mass is 127. The van der Waals surface area contributed by atoms with E-state index in [0.717, 1.165) is 12.1 Å². The van der Waals surface area contributed by atoms with Crippen molar-refractivity contribution in [1.29, 1.82) is 0 Å². The number of ether oxygens (including phenoxy) is 1. The first kappa shape index (κ1) is 21.0. The van der Waals surface area contributed by atoms with E-state index in [0.29, 0.717) is 13.0 Å². The van der Waals surface area contributed by atoms with Crippen LogP contribution in [0.4, 0.5) is 18.9 Å². The Morgan fingerprint density at radius 1 is 1.27 bits per heavy atom. The summed E-state index contributed by atoms with van der Waals surface area (Å²) >= 11 is 0. The van der Waals surface area contributed by atoms with Gasteiger partial charge in [-0.05, 0) is 30.5 Å². The van der Waals surface area contributed by atoms with E-state index in [1.807, 2.05) is 24.3 Å². The lowest BCUT2D eigenvalue weighted by atomic mass is 10.1. The smallest absolute Gasteiger partial charge is 0.372 e. The molecule has 0 spiro atoms. The molecule has 0 aliphatic carbocycles. The van der Waals surface area contributed by atoms with E-state index >= 15 is 0 Å². The first-order valence-corrected chi connectivity index (χ1v) is 6.71. The van der Waals surface area contributed by atoms with Crippen molar-refractivity contribution in [2.24, 2.45) is 10.7 Å². The topological polar surface area (TPSA) is 59.6 Å². The number of alkyl halides is 3. The molecule has 4 nitrogen and oxygen atoms in total. The molecular formula is C14H21F3IN3O. The van der Waals surface area contributed by atoms with Crippen molar-refractivity contribution in [2.45, 2.75) is 25.9 Å². The number of benzene rings is 1. The summed E-state index contributed by atoms with van der Waals surface area (Å²) in [7, 11) is 0. The Balaban J connectivity index is 0.00000441. The van der Waals surface area contributed by atoms with Crippen LogP contribution in [0.25, 0.3) is 0 Å². The molecule has 0 fully saturated rings. The largest absolute Gasteiger partial charge is 0.411 e. The fraction of sp³-hybridized carbons (Fsp3) is 0.500. The highest BCUT2D eigenvalue weighted by Gasteiger charge is 2.27. The first-order valence-electron chi connectivity index (χ1n) is 6.71. The SMILES string of the molecule is CCc1ccc(NC(N)=NCCCOCC(F)(F)F)cc1.I. The van der Waals surface area contributed by atoms with Crippen molar-refractivity contribution in [3.05, 3.63) is 29.8 Å². The fourth-order valence-electron chi connectivity index (χ4n) is 1.57. The number of rotatable bonds is 7. The normalized spacial score (nSPS) is 11.9. The average Bonchev–Trinajstić information content (AvgIpc) is 2.42. The predicted octanol–water partition coefficient (Wildman–Crippen LogP) is 3.56. The van der Waals surface area contributed by atoms with Gasteiger partial charge in [0.15, 0.2) is 5.96 Å². The van der Waals surface area contributed by atoms with Gasteiger partial charge in [0.1, 0.15) is 6.61 Å². The van der Waals surface area contributed by atoms with Crippen LogP contribution in [0, 0.1) is 0 Å². The maximum atomic E-state index is 11.8. The summed E-state index contributed by atoms with van der Waals surface area (Å²) < 4.78 is 39.9. The van der Waals surface area contributed by atoms with Crippen molar-refractivity contribution >= 4 is 35.6 Å². The summed E-state index contributed by atoms with van der Waals surface area (Å²) in [6, 6.07) is 7.77. The molecule has 0 bridgehead atoms. The molecule has 0 saturated carbocycles. The van der Waals surface area contributed by atoms with Gasteiger partial charge in [-0.2, -0.15) is 13.2 Å². The molecule has 0 radical (unpaired) electrons. The summed E-state index contributed by atoms with van der Waals surface area (Å²) in [5.74, 6) is 0.232. The third-order valence-electron chi connectivity index (χ3n) is 2.63. The standard InChI is InChI=1S/C14H20F3N3O.HI/c1-2-11-4-6-12(7-5-11)20-13(18)19-8-3-9-21-10-14(15,16)17;/h4-7H,2-3,8-10H2,1H3,(H3,18,19,20);1H. The lowest BCUT2D eigenvalue weighted by Crippen LogP contribution is -2.23. The summed E-state index contributed by atoms with van der Waals surface area (Å²) in [6.07, 6.45) is -2.94. The van der Waals surface area contributed by atoms with Gasteiger partial charge in [-0.3, -0.25) is 4.99 Å². The van der Waals surface area contributed by atoms with E-state index < -0.39 is 12.8 Å². The van der Waals surface area contributed by atoms with Crippen molar-refractivity contribution in [3.63, 3.8) is 0 Å². The van der Waals surface area contributed by atoms with Gasteiger partial charge >= 0.3 is 6.18 Å². The molecule has 1 aromatic carbocycles. The molecule has 8 heteroatoms. The maximum Gasteiger partial charge on any atom is 0.411 e. The highest BCUT2D eigenvalue weighted by Crippen LogP contribution is 2.14. The molecule has 1 aromatic rings. The minimum absolute atomic E-state index is 0. The number of nitrogens with one attached hydrogen (secondary N) is 1.